The summed E-state index contributed by atoms with van der Waals surface area (Å²) in [5.74, 6) is 0. The third-order valence-electron chi connectivity index (χ3n) is 2.36. The summed E-state index contributed by atoms with van der Waals surface area (Å²) in [6.45, 7) is -0.0789. The van der Waals surface area contributed by atoms with Crippen molar-refractivity contribution in [2.45, 2.75) is 6.61 Å². The summed E-state index contributed by atoms with van der Waals surface area (Å²) in [6.07, 6.45) is 1.57. The maximum atomic E-state index is 10.7. The van der Waals surface area contributed by atoms with E-state index in [4.69, 9.17) is 5.11 Å². The summed E-state index contributed by atoms with van der Waals surface area (Å²) in [7, 11) is 0. The number of nitro benzene ring substituents is 1. The van der Waals surface area contributed by atoms with E-state index in [9.17, 15) is 10.1 Å². The van der Waals surface area contributed by atoms with Crippen molar-refractivity contribution >= 4 is 5.69 Å². The highest BCUT2D eigenvalue weighted by Gasteiger charge is 2.07. The number of nitrogens with zero attached hydrogens (tertiary/aromatic N) is 2. The van der Waals surface area contributed by atoms with E-state index in [0.29, 0.717) is 11.3 Å². The van der Waals surface area contributed by atoms with Gasteiger partial charge in [-0.25, -0.2) is 0 Å². The van der Waals surface area contributed by atoms with Gasteiger partial charge in [0.1, 0.15) is 0 Å². The summed E-state index contributed by atoms with van der Waals surface area (Å²) in [6, 6.07) is 9.65. The molecule has 0 saturated heterocycles. The van der Waals surface area contributed by atoms with Gasteiger partial charge >= 0.3 is 0 Å². The summed E-state index contributed by atoms with van der Waals surface area (Å²) < 4.78 is 0. The maximum absolute atomic E-state index is 10.7. The Balaban J connectivity index is 2.45. The van der Waals surface area contributed by atoms with Crippen molar-refractivity contribution in [3.63, 3.8) is 0 Å². The van der Waals surface area contributed by atoms with Crippen LogP contribution >= 0.6 is 0 Å². The van der Waals surface area contributed by atoms with Gasteiger partial charge in [-0.1, -0.05) is 12.1 Å². The topological polar surface area (TPSA) is 76.3 Å². The van der Waals surface area contributed by atoms with Crippen molar-refractivity contribution in [3.8, 4) is 11.3 Å². The Morgan fingerprint density at radius 3 is 2.82 bits per heavy atom. The first-order chi connectivity index (χ1) is 8.20. The van der Waals surface area contributed by atoms with E-state index in [0.717, 1.165) is 5.56 Å². The first-order valence-electron chi connectivity index (χ1n) is 5.01. The molecule has 0 bridgehead atoms. The van der Waals surface area contributed by atoms with Crippen molar-refractivity contribution < 1.29 is 10.0 Å². The van der Waals surface area contributed by atoms with Crippen molar-refractivity contribution in [1.29, 1.82) is 0 Å². The summed E-state index contributed by atoms with van der Waals surface area (Å²) >= 11 is 0. The third-order valence-corrected chi connectivity index (χ3v) is 2.36. The molecule has 0 aliphatic carbocycles. The van der Waals surface area contributed by atoms with Crippen LogP contribution in [0.3, 0.4) is 0 Å². The smallest absolute Gasteiger partial charge is 0.270 e. The zero-order valence-corrected chi connectivity index (χ0v) is 8.91. The molecular formula is C12H10N2O3. The predicted molar refractivity (Wildman–Crippen MR) is 62.3 cm³/mol. The molecule has 17 heavy (non-hydrogen) atoms. The van der Waals surface area contributed by atoms with Gasteiger partial charge in [-0.05, 0) is 17.7 Å². The Labute approximate surface area is 97.5 Å². The molecule has 0 aliphatic heterocycles. The number of benzene rings is 1. The second kappa shape index (κ2) is 4.71. The molecule has 1 heterocycles. The van der Waals surface area contributed by atoms with Crippen molar-refractivity contribution in [3.05, 3.63) is 58.3 Å². The van der Waals surface area contributed by atoms with Crippen molar-refractivity contribution in [2.75, 3.05) is 0 Å². The van der Waals surface area contributed by atoms with Gasteiger partial charge in [0, 0.05) is 23.9 Å². The zero-order chi connectivity index (χ0) is 12.3. The van der Waals surface area contributed by atoms with E-state index in [1.807, 2.05) is 0 Å². The molecule has 0 aliphatic rings. The van der Waals surface area contributed by atoms with Crippen LogP contribution in [-0.4, -0.2) is 15.0 Å². The average molecular weight is 230 g/mol. The molecule has 1 aromatic carbocycles. The highest BCUT2D eigenvalue weighted by atomic mass is 16.6. The lowest BCUT2D eigenvalue weighted by molar-refractivity contribution is -0.384. The molecule has 0 atom stereocenters. The number of aliphatic hydroxyl groups excluding tert-OH is 1. The minimum Gasteiger partial charge on any atom is -0.392 e. The number of hydrogen-bond acceptors (Lipinski definition) is 4. The van der Waals surface area contributed by atoms with Crippen LogP contribution in [0.15, 0.2) is 42.6 Å². The third kappa shape index (κ3) is 2.46. The highest BCUT2D eigenvalue weighted by Crippen LogP contribution is 2.22. The Morgan fingerprint density at radius 2 is 2.12 bits per heavy atom. The number of rotatable bonds is 3. The van der Waals surface area contributed by atoms with Crippen LogP contribution in [0.4, 0.5) is 5.69 Å². The number of non-ortho nitro benzene ring substituents is 1. The second-order valence-corrected chi connectivity index (χ2v) is 3.51. The molecule has 1 N–H and O–H groups in total. The Hall–Kier alpha value is -2.27. The van der Waals surface area contributed by atoms with Crippen LogP contribution in [-0.2, 0) is 6.61 Å². The molecule has 2 rings (SSSR count). The fourth-order valence-corrected chi connectivity index (χ4v) is 1.51. The maximum Gasteiger partial charge on any atom is 0.270 e. The molecule has 0 radical (unpaired) electrons. The number of pyridine rings is 1. The minimum absolute atomic E-state index is 0.0266. The normalized spacial score (nSPS) is 10.2. The molecule has 2 aromatic rings. The number of aliphatic hydroxyl groups is 1. The van der Waals surface area contributed by atoms with E-state index in [-0.39, 0.29) is 12.3 Å². The highest BCUT2D eigenvalue weighted by molar-refractivity contribution is 5.62. The van der Waals surface area contributed by atoms with Gasteiger partial charge in [-0.2, -0.15) is 0 Å². The molecule has 0 fully saturated rings. The van der Waals surface area contributed by atoms with Crippen LogP contribution in [0.2, 0.25) is 0 Å². The Kier molecular flexibility index (Phi) is 3.11. The molecule has 0 spiro atoms. The first kappa shape index (κ1) is 11.2. The van der Waals surface area contributed by atoms with Gasteiger partial charge in [-0.3, -0.25) is 15.1 Å². The van der Waals surface area contributed by atoms with Gasteiger partial charge in [0.25, 0.3) is 5.69 Å². The molecular weight excluding hydrogens is 220 g/mol. The molecule has 86 valence electrons. The minimum atomic E-state index is -0.445. The fraction of sp³-hybridized carbons (Fsp3) is 0.0833. The zero-order valence-electron chi connectivity index (χ0n) is 8.91. The second-order valence-electron chi connectivity index (χ2n) is 3.51. The molecule has 0 amide bonds. The lowest BCUT2D eigenvalue weighted by atomic mass is 10.1. The van der Waals surface area contributed by atoms with Crippen LogP contribution in [0.25, 0.3) is 11.3 Å². The molecule has 0 saturated carbocycles. The van der Waals surface area contributed by atoms with Gasteiger partial charge < -0.3 is 5.11 Å². The predicted octanol–water partition coefficient (Wildman–Crippen LogP) is 2.15. The lowest BCUT2D eigenvalue weighted by Gasteiger charge is -2.02. The Morgan fingerprint density at radius 1 is 1.29 bits per heavy atom. The summed E-state index contributed by atoms with van der Waals surface area (Å²) in [5, 5.41) is 19.7. The van der Waals surface area contributed by atoms with E-state index in [1.165, 1.54) is 12.1 Å². The standard InChI is InChI=1S/C12H10N2O3/c15-8-9-4-5-13-12(6-9)10-2-1-3-11(7-10)14(16)17/h1-7,15H,8H2. The van der Waals surface area contributed by atoms with Gasteiger partial charge in [-0.15, -0.1) is 0 Å². The van der Waals surface area contributed by atoms with Crippen LogP contribution in [0.1, 0.15) is 5.56 Å². The average Bonchev–Trinajstić information content (AvgIpc) is 2.39. The van der Waals surface area contributed by atoms with E-state index < -0.39 is 4.92 Å². The van der Waals surface area contributed by atoms with Crippen molar-refractivity contribution in [1.82, 2.24) is 4.98 Å². The summed E-state index contributed by atoms with van der Waals surface area (Å²) in [4.78, 5) is 14.3. The number of nitro groups is 1. The SMILES string of the molecule is O=[N+]([O-])c1cccc(-c2cc(CO)ccn2)c1. The largest absolute Gasteiger partial charge is 0.392 e. The van der Waals surface area contributed by atoms with E-state index >= 15 is 0 Å². The number of hydrogen-bond donors (Lipinski definition) is 1. The summed E-state index contributed by atoms with van der Waals surface area (Å²) in [5.41, 5.74) is 2.02. The van der Waals surface area contributed by atoms with E-state index in [1.54, 1.807) is 30.5 Å². The number of aromatic nitrogens is 1. The molecule has 1 aromatic heterocycles. The monoisotopic (exact) mass is 230 g/mol. The lowest BCUT2D eigenvalue weighted by Crippen LogP contribution is -1.91. The quantitative estimate of drug-likeness (QED) is 0.647. The first-order valence-corrected chi connectivity index (χ1v) is 5.01. The van der Waals surface area contributed by atoms with Crippen LogP contribution in [0, 0.1) is 10.1 Å². The fourth-order valence-electron chi connectivity index (χ4n) is 1.51. The molecule has 0 unspecified atom stereocenters. The Bertz CT molecular complexity index is 555. The van der Waals surface area contributed by atoms with Gasteiger partial charge in [0.05, 0.1) is 17.2 Å². The van der Waals surface area contributed by atoms with E-state index in [2.05, 4.69) is 4.98 Å². The van der Waals surface area contributed by atoms with Crippen molar-refractivity contribution in [2.24, 2.45) is 0 Å². The molecule has 5 heteroatoms. The van der Waals surface area contributed by atoms with Gasteiger partial charge in [0.15, 0.2) is 0 Å². The molecule has 5 nitrogen and oxygen atoms in total. The van der Waals surface area contributed by atoms with Crippen LogP contribution in [0.5, 0.6) is 0 Å². The van der Waals surface area contributed by atoms with Gasteiger partial charge in [0.2, 0.25) is 0 Å². The van der Waals surface area contributed by atoms with Crippen LogP contribution < -0.4 is 0 Å².